The van der Waals surface area contributed by atoms with Crippen LogP contribution in [-0.4, -0.2) is 30.5 Å². The highest BCUT2D eigenvalue weighted by Crippen LogP contribution is 2.23. The zero-order chi connectivity index (χ0) is 18.5. The molecule has 1 saturated heterocycles. The summed E-state index contributed by atoms with van der Waals surface area (Å²) in [5.41, 5.74) is 2.49. The van der Waals surface area contributed by atoms with Crippen LogP contribution in [0.15, 0.2) is 42.5 Å². The monoisotopic (exact) mass is 373 g/mol. The number of nitrogens with one attached hydrogen (secondary N) is 1. The first-order valence-corrected chi connectivity index (χ1v) is 8.98. The molecule has 136 valence electrons. The molecule has 3 rings (SSSR count). The van der Waals surface area contributed by atoms with Gasteiger partial charge in [0, 0.05) is 37.5 Å². The Labute approximate surface area is 156 Å². The highest BCUT2D eigenvalue weighted by Gasteiger charge is 2.15. The number of nitrogens with zero attached hydrogens (tertiary/aromatic N) is 2. The van der Waals surface area contributed by atoms with Crippen molar-refractivity contribution in [3.63, 3.8) is 0 Å². The van der Waals surface area contributed by atoms with Crippen molar-refractivity contribution in [3.8, 4) is 0 Å². The van der Waals surface area contributed by atoms with Gasteiger partial charge in [-0.15, -0.1) is 0 Å². The molecule has 26 heavy (non-hydrogen) atoms. The van der Waals surface area contributed by atoms with Crippen molar-refractivity contribution < 1.29 is 9.72 Å². The smallest absolute Gasteiger partial charge is 0.270 e. The Morgan fingerprint density at radius 3 is 2.46 bits per heavy atom. The molecule has 0 atom stereocenters. The second-order valence-corrected chi connectivity index (χ2v) is 6.69. The van der Waals surface area contributed by atoms with Gasteiger partial charge in [0.15, 0.2) is 0 Å². The molecule has 1 heterocycles. The molecule has 0 bridgehead atoms. The van der Waals surface area contributed by atoms with E-state index in [9.17, 15) is 14.9 Å². The van der Waals surface area contributed by atoms with Gasteiger partial charge in [-0.2, -0.15) is 0 Å². The van der Waals surface area contributed by atoms with Crippen LogP contribution in [-0.2, 0) is 6.42 Å². The molecule has 1 fully saturated rings. The minimum absolute atomic E-state index is 0.0756. The van der Waals surface area contributed by atoms with E-state index in [1.807, 2.05) is 0 Å². The maximum atomic E-state index is 12.2. The first kappa shape index (κ1) is 18.2. The quantitative estimate of drug-likeness (QED) is 0.617. The van der Waals surface area contributed by atoms with E-state index in [1.54, 1.807) is 0 Å². The van der Waals surface area contributed by atoms with Gasteiger partial charge in [-0.05, 0) is 43.0 Å². The average Bonchev–Trinajstić information content (AvgIpc) is 3.16. The number of halogens is 1. The highest BCUT2D eigenvalue weighted by atomic mass is 35.5. The Bertz CT molecular complexity index is 802. The molecular formula is C19H20ClN3O3. The Kier molecular flexibility index (Phi) is 5.73. The van der Waals surface area contributed by atoms with E-state index >= 15 is 0 Å². The van der Waals surface area contributed by atoms with Crippen LogP contribution < -0.4 is 10.2 Å². The maximum Gasteiger partial charge on any atom is 0.270 e. The Hall–Kier alpha value is -2.60. The summed E-state index contributed by atoms with van der Waals surface area (Å²) in [5, 5.41) is 13.6. The lowest BCUT2D eigenvalue weighted by Crippen LogP contribution is -2.26. The second kappa shape index (κ2) is 8.19. The maximum absolute atomic E-state index is 12.2. The van der Waals surface area contributed by atoms with Crippen molar-refractivity contribution in [1.82, 2.24) is 5.32 Å². The number of nitro groups is 1. The topological polar surface area (TPSA) is 75.5 Å². The summed E-state index contributed by atoms with van der Waals surface area (Å²) in [5.74, 6) is -0.335. The van der Waals surface area contributed by atoms with E-state index in [2.05, 4.69) is 34.5 Å². The van der Waals surface area contributed by atoms with E-state index in [-0.39, 0.29) is 22.2 Å². The fourth-order valence-corrected chi connectivity index (χ4v) is 3.33. The van der Waals surface area contributed by atoms with Crippen molar-refractivity contribution in [2.75, 3.05) is 24.5 Å². The molecule has 1 amide bonds. The van der Waals surface area contributed by atoms with Crippen molar-refractivity contribution in [3.05, 3.63) is 68.7 Å². The van der Waals surface area contributed by atoms with Crippen molar-refractivity contribution >= 4 is 28.9 Å². The SMILES string of the molecule is O=C(NCCc1ccc(N2CCCC2)cc1)c1ccc([N+](=O)[O-])cc1Cl. The Morgan fingerprint density at radius 1 is 1.15 bits per heavy atom. The number of hydrogen-bond donors (Lipinski definition) is 1. The molecule has 1 aliphatic heterocycles. The molecule has 0 aromatic heterocycles. The number of rotatable bonds is 6. The largest absolute Gasteiger partial charge is 0.372 e. The van der Waals surface area contributed by atoms with Crippen molar-refractivity contribution in [1.29, 1.82) is 0 Å². The standard InChI is InChI=1S/C19H20ClN3O3/c20-18-13-16(23(25)26)7-8-17(18)19(24)21-10-9-14-3-5-15(6-4-14)22-11-1-2-12-22/h3-8,13H,1-2,9-12H2,(H,21,24). The number of carbonyl (C=O) groups excluding carboxylic acids is 1. The molecule has 0 aliphatic carbocycles. The zero-order valence-corrected chi connectivity index (χ0v) is 15.0. The van der Waals surface area contributed by atoms with Gasteiger partial charge in [0.05, 0.1) is 15.5 Å². The van der Waals surface area contributed by atoms with E-state index in [0.717, 1.165) is 18.7 Å². The molecule has 6 nitrogen and oxygen atoms in total. The van der Waals surface area contributed by atoms with Crippen LogP contribution in [0.4, 0.5) is 11.4 Å². The Balaban J connectivity index is 1.52. The van der Waals surface area contributed by atoms with E-state index < -0.39 is 4.92 Å². The number of anilines is 1. The van der Waals surface area contributed by atoms with Crippen LogP contribution in [0, 0.1) is 10.1 Å². The molecular weight excluding hydrogens is 354 g/mol. The van der Waals surface area contributed by atoms with E-state index in [4.69, 9.17) is 11.6 Å². The average molecular weight is 374 g/mol. The lowest BCUT2D eigenvalue weighted by molar-refractivity contribution is -0.384. The van der Waals surface area contributed by atoms with E-state index in [1.165, 1.54) is 36.7 Å². The zero-order valence-electron chi connectivity index (χ0n) is 14.3. The number of non-ortho nitro benzene ring substituents is 1. The van der Waals surface area contributed by atoms with Crippen molar-refractivity contribution in [2.24, 2.45) is 0 Å². The third-order valence-electron chi connectivity index (χ3n) is 4.51. The van der Waals surface area contributed by atoms with Crippen LogP contribution in [0.5, 0.6) is 0 Å². The van der Waals surface area contributed by atoms with Gasteiger partial charge in [-0.1, -0.05) is 23.7 Å². The van der Waals surface area contributed by atoms with Gasteiger partial charge < -0.3 is 10.2 Å². The number of carbonyl (C=O) groups is 1. The number of benzene rings is 2. The summed E-state index contributed by atoms with van der Waals surface area (Å²) >= 11 is 5.97. The first-order valence-electron chi connectivity index (χ1n) is 8.60. The number of hydrogen-bond acceptors (Lipinski definition) is 4. The van der Waals surface area contributed by atoms with Gasteiger partial charge in [0.25, 0.3) is 11.6 Å². The molecule has 1 aliphatic rings. The molecule has 0 unspecified atom stereocenters. The van der Waals surface area contributed by atoms with Gasteiger partial charge in [-0.3, -0.25) is 14.9 Å². The van der Waals surface area contributed by atoms with Gasteiger partial charge in [-0.25, -0.2) is 0 Å². The fourth-order valence-electron chi connectivity index (χ4n) is 3.07. The summed E-state index contributed by atoms with van der Waals surface area (Å²) in [7, 11) is 0. The predicted octanol–water partition coefficient (Wildman–Crippen LogP) is 3.82. The van der Waals surface area contributed by atoms with Crippen LogP contribution in [0.3, 0.4) is 0 Å². The first-order chi connectivity index (χ1) is 12.5. The van der Waals surface area contributed by atoms with Crippen LogP contribution >= 0.6 is 11.6 Å². The minimum Gasteiger partial charge on any atom is -0.372 e. The van der Waals surface area contributed by atoms with Gasteiger partial charge >= 0.3 is 0 Å². The lowest BCUT2D eigenvalue weighted by Gasteiger charge is -2.17. The molecule has 2 aromatic rings. The summed E-state index contributed by atoms with van der Waals surface area (Å²) < 4.78 is 0. The summed E-state index contributed by atoms with van der Waals surface area (Å²) in [4.78, 5) is 24.7. The minimum atomic E-state index is -0.542. The molecule has 1 N–H and O–H groups in total. The molecule has 0 saturated carbocycles. The summed E-state index contributed by atoms with van der Waals surface area (Å²) in [6.07, 6.45) is 3.20. The second-order valence-electron chi connectivity index (χ2n) is 6.29. The van der Waals surface area contributed by atoms with Crippen LogP contribution in [0.1, 0.15) is 28.8 Å². The molecule has 2 aromatic carbocycles. The number of amides is 1. The van der Waals surface area contributed by atoms with Gasteiger partial charge in [0.2, 0.25) is 0 Å². The normalized spacial score (nSPS) is 13.7. The fraction of sp³-hybridized carbons (Fsp3) is 0.316. The van der Waals surface area contributed by atoms with Crippen LogP contribution in [0.2, 0.25) is 5.02 Å². The third kappa shape index (κ3) is 4.32. The molecule has 0 radical (unpaired) electrons. The third-order valence-corrected chi connectivity index (χ3v) is 4.83. The van der Waals surface area contributed by atoms with Crippen molar-refractivity contribution in [2.45, 2.75) is 19.3 Å². The van der Waals surface area contributed by atoms with E-state index in [0.29, 0.717) is 13.0 Å². The predicted molar refractivity (Wildman–Crippen MR) is 102 cm³/mol. The highest BCUT2D eigenvalue weighted by molar-refractivity contribution is 6.34. The molecule has 0 spiro atoms. The number of nitro benzene ring substituents is 1. The Morgan fingerprint density at radius 2 is 1.85 bits per heavy atom. The summed E-state index contributed by atoms with van der Waals surface area (Å²) in [6, 6.07) is 12.2. The van der Waals surface area contributed by atoms with Crippen LogP contribution in [0.25, 0.3) is 0 Å². The van der Waals surface area contributed by atoms with Gasteiger partial charge in [0.1, 0.15) is 0 Å². The molecule has 7 heteroatoms. The lowest BCUT2D eigenvalue weighted by atomic mass is 10.1. The summed E-state index contributed by atoms with van der Waals surface area (Å²) in [6.45, 7) is 2.70.